The van der Waals surface area contributed by atoms with E-state index in [9.17, 15) is 9.59 Å². The molecule has 1 aromatic carbocycles. The minimum atomic E-state index is -0.227. The Hall–Kier alpha value is -2.86. The molecule has 1 aliphatic rings. The van der Waals surface area contributed by atoms with E-state index >= 15 is 0 Å². The van der Waals surface area contributed by atoms with Crippen molar-refractivity contribution in [2.45, 2.75) is 13.0 Å². The minimum Gasteiger partial charge on any atom is -0.459 e. The Kier molecular flexibility index (Phi) is 4.34. The van der Waals surface area contributed by atoms with Crippen LogP contribution in [0.1, 0.15) is 27.8 Å². The third kappa shape index (κ3) is 2.93. The highest BCUT2D eigenvalue weighted by atomic mass is 16.3. The molecule has 6 heteroatoms. The van der Waals surface area contributed by atoms with Gasteiger partial charge in [-0.25, -0.2) is 0 Å². The van der Waals surface area contributed by atoms with Gasteiger partial charge in [-0.2, -0.15) is 0 Å². The zero-order chi connectivity index (χ0) is 18.1. The molecule has 1 aliphatic heterocycles. The first-order valence-corrected chi connectivity index (χ1v) is 8.82. The van der Waals surface area contributed by atoms with Gasteiger partial charge in [0.2, 0.25) is 0 Å². The van der Waals surface area contributed by atoms with Crippen molar-refractivity contribution in [2.24, 2.45) is 0 Å². The Morgan fingerprint density at radius 3 is 2.58 bits per heavy atom. The van der Waals surface area contributed by atoms with E-state index in [1.54, 1.807) is 23.2 Å². The molecule has 0 unspecified atom stereocenters. The van der Waals surface area contributed by atoms with E-state index in [2.05, 4.69) is 9.88 Å². The molecule has 2 aromatic heterocycles. The minimum absolute atomic E-state index is 0.0924. The number of hydrogen-bond acceptors (Lipinski definition) is 4. The molecule has 3 heterocycles. The summed E-state index contributed by atoms with van der Waals surface area (Å²) in [5.41, 5.74) is 1.69. The lowest BCUT2D eigenvalue weighted by Gasteiger charge is -2.37. The van der Waals surface area contributed by atoms with Crippen molar-refractivity contribution in [1.82, 2.24) is 14.8 Å². The largest absolute Gasteiger partial charge is 0.459 e. The third-order valence-corrected chi connectivity index (χ3v) is 5.12. The van der Waals surface area contributed by atoms with Crippen molar-refractivity contribution in [3.63, 3.8) is 0 Å². The molecule has 0 radical (unpaired) electrons. The first kappa shape index (κ1) is 16.6. The number of aromatic amines is 1. The van der Waals surface area contributed by atoms with Crippen LogP contribution >= 0.6 is 0 Å². The van der Waals surface area contributed by atoms with Crippen LogP contribution in [-0.4, -0.2) is 58.7 Å². The maximum absolute atomic E-state index is 13.0. The molecule has 0 spiro atoms. The predicted molar refractivity (Wildman–Crippen MR) is 98.3 cm³/mol. The van der Waals surface area contributed by atoms with E-state index in [4.69, 9.17) is 4.42 Å². The van der Waals surface area contributed by atoms with Crippen molar-refractivity contribution in [3.05, 3.63) is 60.2 Å². The molecule has 134 valence electrons. The predicted octanol–water partition coefficient (Wildman–Crippen LogP) is 2.79. The van der Waals surface area contributed by atoms with Gasteiger partial charge in [0.1, 0.15) is 0 Å². The summed E-state index contributed by atoms with van der Waals surface area (Å²) in [4.78, 5) is 32.4. The number of furan rings is 1. The number of Topliss-reactive ketones (excluding diaryl/α,β-unsaturated/α-hetero) is 1. The number of carbonyl (C=O) groups excluding carboxylic acids is 2. The molecule has 1 atom stereocenters. The Morgan fingerprint density at radius 1 is 1.08 bits per heavy atom. The van der Waals surface area contributed by atoms with Gasteiger partial charge in [0.15, 0.2) is 11.5 Å². The van der Waals surface area contributed by atoms with E-state index in [1.165, 1.54) is 6.26 Å². The standard InChI is InChI=1S/C20H21N3O3/c1-14(19(24)16-13-21-17-6-3-2-5-15(16)17)22-8-10-23(11-9-22)20(25)18-7-4-12-26-18/h2-7,12-14,21H,8-11H2,1H3/t14-/m1/s1. The molecule has 6 nitrogen and oxygen atoms in total. The van der Waals surface area contributed by atoms with Crippen molar-refractivity contribution in [3.8, 4) is 0 Å². The van der Waals surface area contributed by atoms with Crippen LogP contribution in [0.5, 0.6) is 0 Å². The van der Waals surface area contributed by atoms with Gasteiger partial charge in [0.25, 0.3) is 5.91 Å². The van der Waals surface area contributed by atoms with Crippen LogP contribution in [0.25, 0.3) is 10.9 Å². The van der Waals surface area contributed by atoms with Crippen LogP contribution in [0, 0.1) is 0 Å². The number of aromatic nitrogens is 1. The third-order valence-electron chi connectivity index (χ3n) is 5.12. The van der Waals surface area contributed by atoms with Crippen LogP contribution in [0.2, 0.25) is 0 Å². The molecule has 1 fully saturated rings. The maximum atomic E-state index is 13.0. The van der Waals surface area contributed by atoms with Crippen molar-refractivity contribution < 1.29 is 14.0 Å². The average Bonchev–Trinajstić information content (AvgIpc) is 3.36. The molecular weight excluding hydrogens is 330 g/mol. The Balaban J connectivity index is 1.42. The maximum Gasteiger partial charge on any atom is 0.289 e. The van der Waals surface area contributed by atoms with Crippen LogP contribution in [0.3, 0.4) is 0 Å². The number of rotatable bonds is 4. The molecule has 0 saturated carbocycles. The fraction of sp³-hybridized carbons (Fsp3) is 0.300. The van der Waals surface area contributed by atoms with Gasteiger partial charge >= 0.3 is 0 Å². The Labute approximate surface area is 151 Å². The number of benzene rings is 1. The molecule has 0 aliphatic carbocycles. The van der Waals surface area contributed by atoms with Crippen molar-refractivity contribution >= 4 is 22.6 Å². The summed E-state index contributed by atoms with van der Waals surface area (Å²) in [6, 6.07) is 11.0. The van der Waals surface area contributed by atoms with Gasteiger partial charge in [-0.05, 0) is 25.1 Å². The fourth-order valence-corrected chi connectivity index (χ4v) is 3.53. The molecular formula is C20H21N3O3. The van der Waals surface area contributed by atoms with E-state index in [1.807, 2.05) is 31.2 Å². The second kappa shape index (κ2) is 6.80. The smallest absolute Gasteiger partial charge is 0.289 e. The number of hydrogen-bond donors (Lipinski definition) is 1. The Bertz CT molecular complexity index is 921. The highest BCUT2D eigenvalue weighted by molar-refractivity contribution is 6.10. The number of H-pyrrole nitrogens is 1. The number of nitrogens with zero attached hydrogens (tertiary/aromatic N) is 2. The second-order valence-electron chi connectivity index (χ2n) is 6.59. The van der Waals surface area contributed by atoms with E-state index < -0.39 is 0 Å². The Morgan fingerprint density at radius 2 is 1.85 bits per heavy atom. The number of ketones is 1. The summed E-state index contributed by atoms with van der Waals surface area (Å²) < 4.78 is 5.19. The van der Waals surface area contributed by atoms with E-state index in [-0.39, 0.29) is 17.7 Å². The number of nitrogens with one attached hydrogen (secondary N) is 1. The quantitative estimate of drug-likeness (QED) is 0.734. The molecule has 1 N–H and O–H groups in total. The van der Waals surface area contributed by atoms with Gasteiger partial charge in [-0.3, -0.25) is 14.5 Å². The molecule has 1 saturated heterocycles. The lowest BCUT2D eigenvalue weighted by Crippen LogP contribution is -2.53. The lowest BCUT2D eigenvalue weighted by molar-refractivity contribution is 0.0529. The molecule has 26 heavy (non-hydrogen) atoms. The topological polar surface area (TPSA) is 69.6 Å². The van der Waals surface area contributed by atoms with Crippen LogP contribution in [0.15, 0.2) is 53.3 Å². The number of piperazine rings is 1. The van der Waals surface area contributed by atoms with Crippen LogP contribution in [-0.2, 0) is 0 Å². The molecule has 0 bridgehead atoms. The second-order valence-corrected chi connectivity index (χ2v) is 6.59. The van der Waals surface area contributed by atoms with Gasteiger partial charge in [0.05, 0.1) is 12.3 Å². The first-order chi connectivity index (χ1) is 12.6. The zero-order valence-corrected chi connectivity index (χ0v) is 14.6. The normalized spacial score (nSPS) is 16.7. The summed E-state index contributed by atoms with van der Waals surface area (Å²) in [7, 11) is 0. The SMILES string of the molecule is C[C@H](C(=O)c1c[nH]c2ccccc12)N1CCN(C(=O)c2ccco2)CC1. The molecule has 3 aromatic rings. The highest BCUT2D eigenvalue weighted by Gasteiger charge is 2.29. The number of para-hydroxylation sites is 1. The fourth-order valence-electron chi connectivity index (χ4n) is 3.53. The van der Waals surface area contributed by atoms with E-state index in [0.29, 0.717) is 31.9 Å². The number of amides is 1. The molecule has 4 rings (SSSR count). The van der Waals surface area contributed by atoms with Crippen molar-refractivity contribution in [2.75, 3.05) is 26.2 Å². The summed E-state index contributed by atoms with van der Waals surface area (Å²) >= 11 is 0. The van der Waals surface area contributed by atoms with Crippen LogP contribution < -0.4 is 0 Å². The van der Waals surface area contributed by atoms with Crippen molar-refractivity contribution in [1.29, 1.82) is 0 Å². The summed E-state index contributed by atoms with van der Waals surface area (Å²) in [5.74, 6) is 0.375. The lowest BCUT2D eigenvalue weighted by atomic mass is 10.0. The van der Waals surface area contributed by atoms with E-state index in [0.717, 1.165) is 16.5 Å². The zero-order valence-electron chi connectivity index (χ0n) is 14.6. The summed E-state index contributed by atoms with van der Waals surface area (Å²) in [6.45, 7) is 4.45. The van der Waals surface area contributed by atoms with Gasteiger partial charge < -0.3 is 14.3 Å². The van der Waals surface area contributed by atoms with Gasteiger partial charge in [-0.1, -0.05) is 18.2 Å². The number of fused-ring (bicyclic) bond motifs is 1. The summed E-state index contributed by atoms with van der Waals surface area (Å²) in [6.07, 6.45) is 3.30. The van der Waals surface area contributed by atoms with Gasteiger partial charge in [0, 0.05) is 48.8 Å². The highest BCUT2D eigenvalue weighted by Crippen LogP contribution is 2.21. The average molecular weight is 351 g/mol. The monoisotopic (exact) mass is 351 g/mol. The first-order valence-electron chi connectivity index (χ1n) is 8.82. The van der Waals surface area contributed by atoms with Crippen LogP contribution in [0.4, 0.5) is 0 Å². The number of carbonyl (C=O) groups is 2. The molecule has 1 amide bonds. The van der Waals surface area contributed by atoms with Gasteiger partial charge in [-0.15, -0.1) is 0 Å². The summed E-state index contributed by atoms with van der Waals surface area (Å²) in [5, 5.41) is 0.955.